The van der Waals surface area contributed by atoms with Crippen molar-refractivity contribution in [3.63, 3.8) is 0 Å². The second-order valence-electron chi connectivity index (χ2n) is 10.2. The number of para-hydroxylation sites is 1. The molecule has 0 bridgehead atoms. The van der Waals surface area contributed by atoms with E-state index < -0.39 is 17.7 Å². The minimum Gasteiger partial charge on any atom is -0.487 e. The summed E-state index contributed by atoms with van der Waals surface area (Å²) in [5.41, 5.74) is 0.451. The van der Waals surface area contributed by atoms with Crippen molar-refractivity contribution >= 4 is 35.0 Å². The van der Waals surface area contributed by atoms with Crippen LogP contribution < -0.4 is 15.0 Å². The van der Waals surface area contributed by atoms with Gasteiger partial charge in [0.1, 0.15) is 29.3 Å². The highest BCUT2D eigenvalue weighted by atomic mass is 35.5. The van der Waals surface area contributed by atoms with Gasteiger partial charge in [-0.25, -0.2) is 9.18 Å². The first kappa shape index (κ1) is 26.1. The van der Waals surface area contributed by atoms with Crippen molar-refractivity contribution in [2.45, 2.75) is 64.2 Å². The number of ether oxygens (including phenoxy) is 2. The Labute approximate surface area is 216 Å². The minimum absolute atomic E-state index is 0.132. The van der Waals surface area contributed by atoms with Crippen molar-refractivity contribution in [1.29, 1.82) is 0 Å². The summed E-state index contributed by atoms with van der Waals surface area (Å²) in [6.45, 7) is 7.13. The van der Waals surface area contributed by atoms with Crippen LogP contribution in [0.1, 0.15) is 46.5 Å². The van der Waals surface area contributed by atoms with E-state index >= 15 is 0 Å². The van der Waals surface area contributed by atoms with Gasteiger partial charge in [-0.15, -0.1) is 0 Å². The largest absolute Gasteiger partial charge is 0.487 e. The number of carbonyl (C=O) groups is 2. The predicted molar refractivity (Wildman–Crippen MR) is 138 cm³/mol. The first-order valence-electron chi connectivity index (χ1n) is 12.4. The Kier molecular flexibility index (Phi) is 7.93. The number of amides is 2. The van der Waals surface area contributed by atoms with Crippen molar-refractivity contribution < 1.29 is 23.5 Å². The summed E-state index contributed by atoms with van der Waals surface area (Å²) in [7, 11) is 0. The zero-order valence-electron chi connectivity index (χ0n) is 20.9. The third kappa shape index (κ3) is 6.40. The summed E-state index contributed by atoms with van der Waals surface area (Å²) < 4.78 is 25.7. The van der Waals surface area contributed by atoms with Crippen LogP contribution in [0.3, 0.4) is 0 Å². The number of hydrogen-bond acceptors (Lipinski definition) is 5. The smallest absolute Gasteiger partial charge is 0.410 e. The zero-order valence-corrected chi connectivity index (χ0v) is 21.7. The van der Waals surface area contributed by atoms with E-state index in [-0.39, 0.29) is 17.8 Å². The van der Waals surface area contributed by atoms with E-state index in [2.05, 4.69) is 5.32 Å². The number of carbonyl (C=O) groups excluding carboxylic acids is 2. The monoisotopic (exact) mass is 517 g/mol. The SMILES string of the molecule is CC(C)(C)OC(=O)N1CCCC[C@@H]1C(=O)Nc1ccc(O[C@H]2CCN(c3ccccc3F)C2)c(Cl)c1. The molecule has 0 saturated carbocycles. The Morgan fingerprint density at radius 1 is 1.08 bits per heavy atom. The van der Waals surface area contributed by atoms with Crippen LogP contribution in [0.4, 0.5) is 20.6 Å². The van der Waals surface area contributed by atoms with Crippen LogP contribution in [0.5, 0.6) is 5.75 Å². The Bertz CT molecular complexity index is 1110. The Hall–Kier alpha value is -3.00. The molecule has 2 aliphatic rings. The fourth-order valence-corrected chi connectivity index (χ4v) is 4.80. The number of rotatable bonds is 5. The van der Waals surface area contributed by atoms with E-state index in [0.29, 0.717) is 48.2 Å². The molecule has 36 heavy (non-hydrogen) atoms. The van der Waals surface area contributed by atoms with Crippen LogP contribution in [-0.2, 0) is 9.53 Å². The van der Waals surface area contributed by atoms with Crippen LogP contribution in [0.2, 0.25) is 5.02 Å². The molecular weight excluding hydrogens is 485 g/mol. The lowest BCUT2D eigenvalue weighted by Gasteiger charge is -2.35. The molecule has 9 heteroatoms. The van der Waals surface area contributed by atoms with Gasteiger partial charge >= 0.3 is 6.09 Å². The number of nitrogens with zero attached hydrogens (tertiary/aromatic N) is 2. The second kappa shape index (κ2) is 10.9. The number of piperidine rings is 1. The summed E-state index contributed by atoms with van der Waals surface area (Å²) in [5, 5.41) is 3.24. The molecule has 2 saturated heterocycles. The maximum atomic E-state index is 14.1. The molecule has 1 N–H and O–H groups in total. The van der Waals surface area contributed by atoms with Gasteiger partial charge in [0.25, 0.3) is 0 Å². The molecule has 2 heterocycles. The number of anilines is 2. The lowest BCUT2D eigenvalue weighted by molar-refractivity contribution is -0.122. The van der Waals surface area contributed by atoms with E-state index in [1.165, 1.54) is 11.0 Å². The van der Waals surface area contributed by atoms with Crippen LogP contribution in [0.25, 0.3) is 0 Å². The average Bonchev–Trinajstić information content (AvgIpc) is 3.28. The molecule has 7 nitrogen and oxygen atoms in total. The van der Waals surface area contributed by atoms with Gasteiger partial charge in [-0.2, -0.15) is 0 Å². The molecule has 0 aromatic heterocycles. The van der Waals surface area contributed by atoms with Gasteiger partial charge in [-0.3, -0.25) is 9.69 Å². The molecule has 2 aliphatic heterocycles. The summed E-state index contributed by atoms with van der Waals surface area (Å²) in [4.78, 5) is 29.2. The zero-order chi connectivity index (χ0) is 25.9. The topological polar surface area (TPSA) is 71.1 Å². The fourth-order valence-electron chi connectivity index (χ4n) is 4.57. The van der Waals surface area contributed by atoms with Crippen molar-refractivity contribution in [1.82, 2.24) is 4.90 Å². The Morgan fingerprint density at radius 3 is 2.58 bits per heavy atom. The highest BCUT2D eigenvalue weighted by Gasteiger charge is 2.35. The molecule has 0 unspecified atom stereocenters. The normalized spacial score (nSPS) is 20.2. The second-order valence-corrected chi connectivity index (χ2v) is 10.7. The third-order valence-corrected chi connectivity index (χ3v) is 6.56. The van der Waals surface area contributed by atoms with Gasteiger partial charge in [0.2, 0.25) is 5.91 Å². The minimum atomic E-state index is -0.634. The summed E-state index contributed by atoms with van der Waals surface area (Å²) in [6, 6.07) is 11.2. The number of halogens is 2. The average molecular weight is 518 g/mol. The maximum absolute atomic E-state index is 14.1. The van der Waals surface area contributed by atoms with Crippen LogP contribution >= 0.6 is 11.6 Å². The molecular formula is C27H33ClFN3O4. The third-order valence-electron chi connectivity index (χ3n) is 6.26. The summed E-state index contributed by atoms with van der Waals surface area (Å²) in [6.07, 6.45) is 2.38. The van der Waals surface area contributed by atoms with Gasteiger partial charge in [-0.1, -0.05) is 23.7 Å². The van der Waals surface area contributed by atoms with E-state index in [0.717, 1.165) is 19.3 Å². The number of likely N-dealkylation sites (tertiary alicyclic amines) is 1. The number of benzene rings is 2. The highest BCUT2D eigenvalue weighted by Crippen LogP contribution is 2.32. The van der Waals surface area contributed by atoms with E-state index in [1.54, 1.807) is 51.1 Å². The molecule has 194 valence electrons. The van der Waals surface area contributed by atoms with Gasteiger partial charge in [0, 0.05) is 25.2 Å². The first-order valence-corrected chi connectivity index (χ1v) is 12.7. The first-order chi connectivity index (χ1) is 17.1. The van der Waals surface area contributed by atoms with Crippen LogP contribution in [0, 0.1) is 5.82 Å². The van der Waals surface area contributed by atoms with Crippen molar-refractivity contribution in [3.05, 3.63) is 53.3 Å². The maximum Gasteiger partial charge on any atom is 0.410 e. The Balaban J connectivity index is 1.36. The van der Waals surface area contributed by atoms with Gasteiger partial charge in [0.15, 0.2) is 0 Å². The lowest BCUT2D eigenvalue weighted by Crippen LogP contribution is -2.51. The molecule has 0 aliphatic carbocycles. The van der Waals surface area contributed by atoms with Crippen molar-refractivity contribution in [2.24, 2.45) is 0 Å². The molecule has 2 aromatic carbocycles. The van der Waals surface area contributed by atoms with E-state index in [9.17, 15) is 14.0 Å². The highest BCUT2D eigenvalue weighted by molar-refractivity contribution is 6.32. The molecule has 2 aromatic rings. The van der Waals surface area contributed by atoms with E-state index in [1.807, 2.05) is 11.0 Å². The standard InChI is InChI=1S/C27H33ClFN3O4/c1-27(2,3)36-26(34)32-14-7-6-10-23(32)25(33)30-18-11-12-24(20(28)16-18)35-19-13-15-31(17-19)22-9-5-4-8-21(22)29/h4-5,8-9,11-12,16,19,23H,6-7,10,13-15,17H2,1-3H3,(H,30,33)/t19-,23+/m0/s1. The van der Waals surface area contributed by atoms with Gasteiger partial charge < -0.3 is 19.7 Å². The van der Waals surface area contributed by atoms with Gasteiger partial charge in [0.05, 0.1) is 17.3 Å². The number of nitrogens with one attached hydrogen (secondary N) is 1. The molecule has 2 atom stereocenters. The fraction of sp³-hybridized carbons (Fsp3) is 0.481. The molecule has 2 fully saturated rings. The predicted octanol–water partition coefficient (Wildman–Crippen LogP) is 5.86. The molecule has 0 radical (unpaired) electrons. The van der Waals surface area contributed by atoms with Crippen molar-refractivity contribution in [3.8, 4) is 5.75 Å². The van der Waals surface area contributed by atoms with Crippen LogP contribution in [-0.4, -0.2) is 54.3 Å². The Morgan fingerprint density at radius 2 is 1.86 bits per heavy atom. The molecule has 4 rings (SSSR count). The van der Waals surface area contributed by atoms with Gasteiger partial charge in [-0.05, 0) is 70.4 Å². The molecule has 2 amide bonds. The molecule has 0 spiro atoms. The summed E-state index contributed by atoms with van der Waals surface area (Å²) >= 11 is 6.47. The summed E-state index contributed by atoms with van der Waals surface area (Å²) in [5.74, 6) is -0.0239. The van der Waals surface area contributed by atoms with Crippen LogP contribution in [0.15, 0.2) is 42.5 Å². The van der Waals surface area contributed by atoms with Crippen molar-refractivity contribution in [2.75, 3.05) is 29.9 Å². The van der Waals surface area contributed by atoms with E-state index in [4.69, 9.17) is 21.1 Å². The number of hydrogen-bond donors (Lipinski definition) is 1. The quantitative estimate of drug-likeness (QED) is 0.537. The lowest BCUT2D eigenvalue weighted by atomic mass is 10.0.